The Balaban J connectivity index is 2.52. The van der Waals surface area contributed by atoms with Gasteiger partial charge in [-0.3, -0.25) is 0 Å². The minimum absolute atomic E-state index is 0.201. The lowest BCUT2D eigenvalue weighted by atomic mass is 9.94. The number of rotatable bonds is 2. The normalized spacial score (nSPS) is 18.2. The second-order valence-electron chi connectivity index (χ2n) is 4.13. The van der Waals surface area contributed by atoms with E-state index in [2.05, 4.69) is 0 Å². The molecule has 0 radical (unpaired) electrons. The molecule has 0 amide bonds. The van der Waals surface area contributed by atoms with Gasteiger partial charge < -0.3 is 10.8 Å². The summed E-state index contributed by atoms with van der Waals surface area (Å²) in [5.74, 6) is -0.765. The van der Waals surface area contributed by atoms with Crippen LogP contribution in [0.25, 0.3) is 0 Å². The van der Waals surface area contributed by atoms with Crippen LogP contribution in [0, 0.1) is 12.7 Å². The van der Waals surface area contributed by atoms with Gasteiger partial charge in [-0.1, -0.05) is 6.07 Å². The molecule has 3 heteroatoms. The van der Waals surface area contributed by atoms with Crippen LogP contribution in [0.15, 0.2) is 12.1 Å². The van der Waals surface area contributed by atoms with Gasteiger partial charge in [-0.25, -0.2) is 4.39 Å². The predicted octanol–water partition coefficient (Wildman–Crippen LogP) is 1.83. The van der Waals surface area contributed by atoms with Crippen molar-refractivity contribution in [3.05, 3.63) is 29.1 Å². The first-order valence-corrected chi connectivity index (χ1v) is 4.79. The molecule has 1 aromatic rings. The van der Waals surface area contributed by atoms with Crippen LogP contribution in [-0.2, 0) is 5.41 Å². The molecule has 1 aliphatic rings. The third-order valence-electron chi connectivity index (χ3n) is 3.01. The van der Waals surface area contributed by atoms with Crippen LogP contribution in [0.2, 0.25) is 0 Å². The van der Waals surface area contributed by atoms with Crippen molar-refractivity contribution in [1.29, 1.82) is 0 Å². The van der Waals surface area contributed by atoms with Crippen molar-refractivity contribution < 1.29 is 9.50 Å². The molecule has 0 heterocycles. The summed E-state index contributed by atoms with van der Waals surface area (Å²) in [5, 5.41) is 9.35. The maximum Gasteiger partial charge on any atom is 0.168 e. The molecular weight excluding hydrogens is 181 g/mol. The molecule has 0 aromatic heterocycles. The molecule has 1 aromatic carbocycles. The molecule has 0 unspecified atom stereocenters. The summed E-state index contributed by atoms with van der Waals surface area (Å²) in [6.45, 7) is 2.29. The largest absolute Gasteiger partial charge is 0.505 e. The van der Waals surface area contributed by atoms with Gasteiger partial charge >= 0.3 is 0 Å². The number of halogens is 1. The minimum atomic E-state index is -0.501. The van der Waals surface area contributed by atoms with Crippen molar-refractivity contribution in [3.63, 3.8) is 0 Å². The number of hydrogen-bond donors (Lipinski definition) is 2. The summed E-state index contributed by atoms with van der Waals surface area (Å²) in [4.78, 5) is 0. The van der Waals surface area contributed by atoms with Gasteiger partial charge in [0.1, 0.15) is 0 Å². The van der Waals surface area contributed by atoms with Crippen molar-refractivity contribution in [1.82, 2.24) is 0 Å². The van der Waals surface area contributed by atoms with Crippen LogP contribution in [0.1, 0.15) is 24.0 Å². The lowest BCUT2D eigenvalue weighted by Gasteiger charge is -2.15. The zero-order valence-corrected chi connectivity index (χ0v) is 8.18. The Bertz CT molecular complexity index is 372. The van der Waals surface area contributed by atoms with Crippen molar-refractivity contribution >= 4 is 0 Å². The zero-order chi connectivity index (χ0) is 10.3. The fourth-order valence-electron chi connectivity index (χ4n) is 1.87. The third-order valence-corrected chi connectivity index (χ3v) is 3.01. The van der Waals surface area contributed by atoms with Crippen LogP contribution in [0.5, 0.6) is 5.75 Å². The lowest BCUT2D eigenvalue weighted by molar-refractivity contribution is 0.423. The quantitative estimate of drug-likeness (QED) is 0.756. The number of phenols is 1. The van der Waals surface area contributed by atoms with Crippen molar-refractivity contribution in [2.24, 2.45) is 5.73 Å². The highest BCUT2D eigenvalue weighted by molar-refractivity contribution is 5.42. The molecule has 0 bridgehead atoms. The summed E-state index contributed by atoms with van der Waals surface area (Å²) >= 11 is 0. The summed E-state index contributed by atoms with van der Waals surface area (Å²) < 4.78 is 13.6. The van der Waals surface area contributed by atoms with E-state index < -0.39 is 5.82 Å². The topological polar surface area (TPSA) is 46.2 Å². The SMILES string of the molecule is Cc1cc(O)c(F)c(C2(CN)CC2)c1. The zero-order valence-electron chi connectivity index (χ0n) is 8.18. The van der Waals surface area contributed by atoms with Crippen LogP contribution in [0.4, 0.5) is 4.39 Å². The number of aromatic hydroxyl groups is 1. The Labute approximate surface area is 82.5 Å². The molecule has 0 spiro atoms. The molecule has 0 aliphatic heterocycles. The first kappa shape index (κ1) is 9.46. The standard InChI is InChI=1S/C11H14FNO/c1-7-4-8(10(12)9(14)5-7)11(6-13)2-3-11/h4-5,14H,2-3,6,13H2,1H3. The second-order valence-corrected chi connectivity index (χ2v) is 4.13. The number of benzene rings is 1. The molecule has 2 nitrogen and oxygen atoms in total. The first-order valence-electron chi connectivity index (χ1n) is 4.79. The number of nitrogens with two attached hydrogens (primary N) is 1. The van der Waals surface area contributed by atoms with Gasteiger partial charge in [-0.05, 0) is 37.0 Å². The monoisotopic (exact) mass is 195 g/mol. The van der Waals surface area contributed by atoms with Gasteiger partial charge in [0, 0.05) is 12.0 Å². The van der Waals surface area contributed by atoms with E-state index in [1.807, 2.05) is 6.92 Å². The van der Waals surface area contributed by atoms with Gasteiger partial charge in [-0.15, -0.1) is 0 Å². The molecule has 76 valence electrons. The third kappa shape index (κ3) is 1.28. The van der Waals surface area contributed by atoms with Crippen LogP contribution >= 0.6 is 0 Å². The maximum absolute atomic E-state index is 13.6. The molecule has 1 fully saturated rings. The Morgan fingerprint density at radius 1 is 1.50 bits per heavy atom. The van der Waals surface area contributed by atoms with Crippen molar-refractivity contribution in [2.75, 3.05) is 6.54 Å². The smallest absolute Gasteiger partial charge is 0.168 e. The fourth-order valence-corrected chi connectivity index (χ4v) is 1.87. The summed E-state index contributed by atoms with van der Waals surface area (Å²) in [5.41, 5.74) is 6.88. The van der Waals surface area contributed by atoms with E-state index in [0.29, 0.717) is 12.1 Å². The number of aryl methyl sites for hydroxylation is 1. The average Bonchev–Trinajstić information content (AvgIpc) is 2.92. The summed E-state index contributed by atoms with van der Waals surface area (Å²) in [7, 11) is 0. The highest BCUT2D eigenvalue weighted by Crippen LogP contribution is 2.49. The van der Waals surface area contributed by atoms with Crippen molar-refractivity contribution in [3.8, 4) is 5.75 Å². The number of phenolic OH excluding ortho intramolecular Hbond substituents is 1. The Kier molecular flexibility index (Phi) is 2.00. The van der Waals surface area contributed by atoms with E-state index in [1.165, 1.54) is 6.07 Å². The maximum atomic E-state index is 13.6. The van der Waals surface area contributed by atoms with E-state index in [4.69, 9.17) is 5.73 Å². The molecule has 0 saturated heterocycles. The first-order chi connectivity index (χ1) is 6.59. The Morgan fingerprint density at radius 2 is 2.14 bits per heavy atom. The second kappa shape index (κ2) is 2.95. The molecular formula is C11H14FNO. The Hall–Kier alpha value is -1.09. The highest BCUT2D eigenvalue weighted by atomic mass is 19.1. The van der Waals surface area contributed by atoms with Crippen LogP contribution in [-0.4, -0.2) is 11.7 Å². The van der Waals surface area contributed by atoms with E-state index in [9.17, 15) is 9.50 Å². The summed E-state index contributed by atoms with van der Waals surface area (Å²) in [6, 6.07) is 3.22. The van der Waals surface area contributed by atoms with Gasteiger partial charge in [0.25, 0.3) is 0 Å². The molecule has 1 aliphatic carbocycles. The predicted molar refractivity (Wildman–Crippen MR) is 52.8 cm³/mol. The van der Waals surface area contributed by atoms with Gasteiger partial charge in [-0.2, -0.15) is 0 Å². The highest BCUT2D eigenvalue weighted by Gasteiger charge is 2.45. The van der Waals surface area contributed by atoms with E-state index in [0.717, 1.165) is 18.4 Å². The van der Waals surface area contributed by atoms with Gasteiger partial charge in [0.15, 0.2) is 11.6 Å². The Morgan fingerprint density at radius 3 is 2.64 bits per heavy atom. The number of hydrogen-bond acceptors (Lipinski definition) is 2. The van der Waals surface area contributed by atoms with E-state index >= 15 is 0 Å². The molecule has 14 heavy (non-hydrogen) atoms. The molecule has 1 saturated carbocycles. The molecule has 0 atom stereocenters. The summed E-state index contributed by atoms with van der Waals surface area (Å²) in [6.07, 6.45) is 1.84. The molecule has 3 N–H and O–H groups in total. The van der Waals surface area contributed by atoms with Crippen molar-refractivity contribution in [2.45, 2.75) is 25.2 Å². The lowest BCUT2D eigenvalue weighted by Crippen LogP contribution is -2.21. The van der Waals surface area contributed by atoms with Gasteiger partial charge in [0.2, 0.25) is 0 Å². The minimum Gasteiger partial charge on any atom is -0.505 e. The van der Waals surface area contributed by atoms with Crippen LogP contribution in [0.3, 0.4) is 0 Å². The van der Waals surface area contributed by atoms with Gasteiger partial charge in [0.05, 0.1) is 0 Å². The van der Waals surface area contributed by atoms with Crippen LogP contribution < -0.4 is 5.73 Å². The van der Waals surface area contributed by atoms with E-state index in [-0.39, 0.29) is 11.2 Å². The average molecular weight is 195 g/mol. The fraction of sp³-hybridized carbons (Fsp3) is 0.455. The van der Waals surface area contributed by atoms with E-state index in [1.54, 1.807) is 6.07 Å². The molecule has 2 rings (SSSR count).